The van der Waals surface area contributed by atoms with Gasteiger partial charge in [-0.3, -0.25) is 4.98 Å². The summed E-state index contributed by atoms with van der Waals surface area (Å²) < 4.78 is 5.92. The molecule has 4 nitrogen and oxygen atoms in total. The first-order chi connectivity index (χ1) is 10.1. The first kappa shape index (κ1) is 15.4. The molecule has 0 fully saturated rings. The molecule has 0 aliphatic rings. The van der Waals surface area contributed by atoms with Crippen molar-refractivity contribution in [1.82, 2.24) is 15.3 Å². The fourth-order valence-electron chi connectivity index (χ4n) is 1.99. The molecule has 0 saturated carbocycles. The number of pyridine rings is 2. The van der Waals surface area contributed by atoms with Gasteiger partial charge in [-0.2, -0.15) is 0 Å². The second-order valence-electron chi connectivity index (χ2n) is 5.36. The third kappa shape index (κ3) is 4.26. The van der Waals surface area contributed by atoms with Crippen LogP contribution >= 0.6 is 0 Å². The van der Waals surface area contributed by atoms with Crippen LogP contribution < -0.4 is 10.1 Å². The predicted octanol–water partition coefficient (Wildman–Crippen LogP) is 3.81. The van der Waals surface area contributed by atoms with E-state index >= 15 is 0 Å². The molecule has 4 heteroatoms. The molecule has 0 radical (unpaired) electrons. The highest BCUT2D eigenvalue weighted by Crippen LogP contribution is 2.25. The first-order valence-electron chi connectivity index (χ1n) is 7.41. The fourth-order valence-corrected chi connectivity index (χ4v) is 1.99. The van der Waals surface area contributed by atoms with Crippen LogP contribution in [-0.2, 0) is 6.54 Å². The maximum absolute atomic E-state index is 5.92. The minimum atomic E-state index is 0.365. The number of nitrogens with zero attached hydrogens (tertiary/aromatic N) is 2. The number of hydrogen-bond donors (Lipinski definition) is 1. The summed E-state index contributed by atoms with van der Waals surface area (Å²) in [6.07, 6.45) is 1.76. The molecule has 0 spiro atoms. The SMILES string of the molecule is CCNCc1cc(Oc2cccnc2C)nc(C(C)C)c1. The average molecular weight is 285 g/mol. The molecule has 2 aromatic rings. The fraction of sp³-hybridized carbons (Fsp3) is 0.412. The number of aryl methyl sites for hydroxylation is 1. The molecule has 112 valence electrons. The Kier molecular flexibility index (Phi) is 5.28. The van der Waals surface area contributed by atoms with Crippen LogP contribution in [0.3, 0.4) is 0 Å². The van der Waals surface area contributed by atoms with Crippen LogP contribution in [0.4, 0.5) is 0 Å². The average Bonchev–Trinajstić information content (AvgIpc) is 2.47. The van der Waals surface area contributed by atoms with E-state index in [0.717, 1.165) is 30.2 Å². The van der Waals surface area contributed by atoms with Gasteiger partial charge in [-0.05, 0) is 43.1 Å². The molecular formula is C17H23N3O. The van der Waals surface area contributed by atoms with Crippen molar-refractivity contribution in [2.75, 3.05) is 6.54 Å². The number of nitrogens with one attached hydrogen (secondary N) is 1. The first-order valence-corrected chi connectivity index (χ1v) is 7.41. The summed E-state index contributed by atoms with van der Waals surface area (Å²) in [6, 6.07) is 7.90. The smallest absolute Gasteiger partial charge is 0.219 e. The molecule has 2 aromatic heterocycles. The Labute approximate surface area is 126 Å². The molecule has 0 aromatic carbocycles. The Hall–Kier alpha value is -1.94. The van der Waals surface area contributed by atoms with E-state index in [0.29, 0.717) is 11.8 Å². The highest BCUT2D eigenvalue weighted by atomic mass is 16.5. The van der Waals surface area contributed by atoms with Crippen LogP contribution in [-0.4, -0.2) is 16.5 Å². The van der Waals surface area contributed by atoms with Gasteiger partial charge in [0.15, 0.2) is 5.75 Å². The normalized spacial score (nSPS) is 10.9. The third-order valence-corrected chi connectivity index (χ3v) is 3.23. The van der Waals surface area contributed by atoms with Crippen molar-refractivity contribution >= 4 is 0 Å². The number of ether oxygens (including phenoxy) is 1. The summed E-state index contributed by atoms with van der Waals surface area (Å²) in [5, 5.41) is 3.34. The van der Waals surface area contributed by atoms with Crippen molar-refractivity contribution in [2.24, 2.45) is 0 Å². The molecule has 0 aliphatic carbocycles. The molecule has 0 unspecified atom stereocenters. The third-order valence-electron chi connectivity index (χ3n) is 3.23. The molecule has 0 amide bonds. The van der Waals surface area contributed by atoms with Gasteiger partial charge in [0.25, 0.3) is 0 Å². The van der Waals surface area contributed by atoms with Crippen LogP contribution in [0, 0.1) is 6.92 Å². The summed E-state index contributed by atoms with van der Waals surface area (Å²) in [5.74, 6) is 1.74. The van der Waals surface area contributed by atoms with Gasteiger partial charge in [0, 0.05) is 24.5 Å². The topological polar surface area (TPSA) is 47.0 Å². The van der Waals surface area contributed by atoms with Crippen LogP contribution in [0.15, 0.2) is 30.5 Å². The molecule has 0 bridgehead atoms. The lowest BCUT2D eigenvalue weighted by molar-refractivity contribution is 0.452. The summed E-state index contributed by atoms with van der Waals surface area (Å²) in [7, 11) is 0. The molecule has 0 aliphatic heterocycles. The van der Waals surface area contributed by atoms with Crippen molar-refractivity contribution in [3.8, 4) is 11.6 Å². The minimum absolute atomic E-state index is 0.365. The second kappa shape index (κ2) is 7.18. The second-order valence-corrected chi connectivity index (χ2v) is 5.36. The number of rotatable bonds is 6. The monoisotopic (exact) mass is 285 g/mol. The van der Waals surface area contributed by atoms with Crippen molar-refractivity contribution in [3.05, 3.63) is 47.4 Å². The summed E-state index contributed by atoms with van der Waals surface area (Å²) in [4.78, 5) is 8.84. The van der Waals surface area contributed by atoms with E-state index in [1.54, 1.807) is 6.20 Å². The largest absolute Gasteiger partial charge is 0.437 e. The van der Waals surface area contributed by atoms with Crippen molar-refractivity contribution in [3.63, 3.8) is 0 Å². The minimum Gasteiger partial charge on any atom is -0.437 e. The maximum atomic E-state index is 5.92. The summed E-state index contributed by atoms with van der Waals surface area (Å²) in [5.41, 5.74) is 3.09. The Morgan fingerprint density at radius 3 is 2.76 bits per heavy atom. The van der Waals surface area contributed by atoms with Crippen LogP contribution in [0.5, 0.6) is 11.6 Å². The lowest BCUT2D eigenvalue weighted by Gasteiger charge is -2.13. The van der Waals surface area contributed by atoms with Crippen LogP contribution in [0.1, 0.15) is 43.6 Å². The van der Waals surface area contributed by atoms with Gasteiger partial charge in [0.05, 0.1) is 5.69 Å². The van der Waals surface area contributed by atoms with E-state index in [4.69, 9.17) is 4.74 Å². The zero-order valence-corrected chi connectivity index (χ0v) is 13.2. The standard InChI is InChI=1S/C17H23N3O/c1-5-18-11-14-9-15(12(2)3)20-17(10-14)21-16-7-6-8-19-13(16)4/h6-10,12,18H,5,11H2,1-4H3. The highest BCUT2D eigenvalue weighted by Gasteiger charge is 2.09. The molecule has 0 atom stereocenters. The quantitative estimate of drug-likeness (QED) is 0.876. The zero-order chi connectivity index (χ0) is 15.2. The lowest BCUT2D eigenvalue weighted by atomic mass is 10.1. The van der Waals surface area contributed by atoms with Gasteiger partial charge < -0.3 is 10.1 Å². The van der Waals surface area contributed by atoms with Gasteiger partial charge in [0.1, 0.15) is 0 Å². The zero-order valence-electron chi connectivity index (χ0n) is 13.2. The predicted molar refractivity (Wildman–Crippen MR) is 84.8 cm³/mol. The summed E-state index contributed by atoms with van der Waals surface area (Å²) in [6.45, 7) is 10.1. The maximum Gasteiger partial charge on any atom is 0.219 e. The van der Waals surface area contributed by atoms with Gasteiger partial charge >= 0.3 is 0 Å². The van der Waals surface area contributed by atoms with E-state index in [2.05, 4.69) is 42.1 Å². The highest BCUT2D eigenvalue weighted by molar-refractivity contribution is 5.33. The van der Waals surface area contributed by atoms with E-state index in [1.807, 2.05) is 25.1 Å². The van der Waals surface area contributed by atoms with Crippen molar-refractivity contribution in [1.29, 1.82) is 0 Å². The Morgan fingerprint density at radius 1 is 1.29 bits per heavy atom. The molecule has 21 heavy (non-hydrogen) atoms. The summed E-state index contributed by atoms with van der Waals surface area (Å²) >= 11 is 0. The van der Waals surface area contributed by atoms with Crippen molar-refractivity contribution in [2.45, 2.75) is 40.2 Å². The Morgan fingerprint density at radius 2 is 2.10 bits per heavy atom. The molecule has 2 heterocycles. The van der Waals surface area contributed by atoms with Gasteiger partial charge in [-0.1, -0.05) is 20.8 Å². The number of aromatic nitrogens is 2. The Bertz CT molecular complexity index is 596. The Balaban J connectivity index is 2.29. The van der Waals surface area contributed by atoms with E-state index in [1.165, 1.54) is 5.56 Å². The van der Waals surface area contributed by atoms with Crippen LogP contribution in [0.25, 0.3) is 0 Å². The van der Waals surface area contributed by atoms with E-state index in [9.17, 15) is 0 Å². The molecule has 1 N–H and O–H groups in total. The van der Waals surface area contributed by atoms with Gasteiger partial charge in [-0.25, -0.2) is 4.98 Å². The lowest BCUT2D eigenvalue weighted by Crippen LogP contribution is -2.12. The van der Waals surface area contributed by atoms with Gasteiger partial charge in [0.2, 0.25) is 5.88 Å². The molecule has 2 rings (SSSR count). The molecule has 0 saturated heterocycles. The number of hydrogen-bond acceptors (Lipinski definition) is 4. The van der Waals surface area contributed by atoms with Crippen LogP contribution in [0.2, 0.25) is 0 Å². The van der Waals surface area contributed by atoms with Gasteiger partial charge in [-0.15, -0.1) is 0 Å². The molecular weight excluding hydrogens is 262 g/mol. The van der Waals surface area contributed by atoms with E-state index < -0.39 is 0 Å². The van der Waals surface area contributed by atoms with E-state index in [-0.39, 0.29) is 0 Å². The van der Waals surface area contributed by atoms with Crippen molar-refractivity contribution < 1.29 is 4.74 Å².